The lowest BCUT2D eigenvalue weighted by Gasteiger charge is -2.19. The van der Waals surface area contributed by atoms with E-state index in [-0.39, 0.29) is 28.4 Å². The highest BCUT2D eigenvalue weighted by Gasteiger charge is 2.24. The lowest BCUT2D eigenvalue weighted by Crippen LogP contribution is -2.41. The van der Waals surface area contributed by atoms with E-state index in [4.69, 9.17) is 16.3 Å². The monoisotopic (exact) mass is 362 g/mol. The molecule has 1 rings (SSSR count). The zero-order valence-corrected chi connectivity index (χ0v) is 15.4. The Hall–Kier alpha value is -1.31. The lowest BCUT2D eigenvalue weighted by molar-refractivity contribution is -0.121. The Morgan fingerprint density at radius 3 is 2.61 bits per heavy atom. The number of rotatable bonds is 8. The van der Waals surface area contributed by atoms with E-state index in [1.807, 2.05) is 13.8 Å². The molecule has 1 amide bonds. The molecule has 0 aliphatic rings. The number of nitrogens with one attached hydrogen (secondary N) is 1. The quantitative estimate of drug-likeness (QED) is 0.769. The number of benzene rings is 1. The van der Waals surface area contributed by atoms with Crippen LogP contribution in [0.4, 0.5) is 0 Å². The molecule has 0 saturated heterocycles. The molecule has 0 heterocycles. The molecule has 1 aromatic rings. The van der Waals surface area contributed by atoms with Crippen LogP contribution < -0.4 is 10.1 Å². The molecule has 0 aliphatic carbocycles. The number of hydrogen-bond acceptors (Lipinski definition) is 4. The van der Waals surface area contributed by atoms with E-state index in [0.717, 1.165) is 17.1 Å². The molecule has 0 radical (unpaired) electrons. The number of carbonyl (C=O) groups is 1. The summed E-state index contributed by atoms with van der Waals surface area (Å²) in [5, 5.41) is 2.97. The highest BCUT2D eigenvalue weighted by atomic mass is 35.5. The first-order chi connectivity index (χ1) is 10.7. The molecule has 0 spiro atoms. The number of ether oxygens (including phenoxy) is 1. The van der Waals surface area contributed by atoms with E-state index in [0.29, 0.717) is 5.75 Å². The lowest BCUT2D eigenvalue weighted by atomic mass is 10.2. The van der Waals surface area contributed by atoms with Crippen LogP contribution in [0, 0.1) is 0 Å². The van der Waals surface area contributed by atoms with Crippen molar-refractivity contribution in [2.75, 3.05) is 20.7 Å². The van der Waals surface area contributed by atoms with Crippen molar-refractivity contribution < 1.29 is 17.9 Å². The third-order valence-electron chi connectivity index (χ3n) is 3.33. The van der Waals surface area contributed by atoms with Crippen molar-refractivity contribution in [3.05, 3.63) is 23.2 Å². The summed E-state index contributed by atoms with van der Waals surface area (Å²) in [5.41, 5.74) is 0. The minimum atomic E-state index is -3.80. The van der Waals surface area contributed by atoms with Gasteiger partial charge < -0.3 is 10.1 Å². The molecular formula is C15H23ClN2O4S. The van der Waals surface area contributed by atoms with Crippen LogP contribution in [0.5, 0.6) is 5.75 Å². The van der Waals surface area contributed by atoms with Crippen molar-refractivity contribution in [1.29, 1.82) is 0 Å². The van der Waals surface area contributed by atoms with Gasteiger partial charge in [-0.25, -0.2) is 8.42 Å². The van der Waals surface area contributed by atoms with Gasteiger partial charge in [0.1, 0.15) is 5.75 Å². The second-order valence-electron chi connectivity index (χ2n) is 5.31. The van der Waals surface area contributed by atoms with Crippen LogP contribution in [0.3, 0.4) is 0 Å². The number of hydrogen-bond donors (Lipinski definition) is 1. The van der Waals surface area contributed by atoms with Crippen molar-refractivity contribution in [2.24, 2.45) is 0 Å². The molecule has 1 atom stereocenters. The zero-order valence-electron chi connectivity index (χ0n) is 13.8. The topological polar surface area (TPSA) is 75.7 Å². The molecule has 0 bridgehead atoms. The van der Waals surface area contributed by atoms with E-state index in [1.165, 1.54) is 32.4 Å². The highest BCUT2D eigenvalue weighted by Crippen LogP contribution is 2.27. The summed E-state index contributed by atoms with van der Waals surface area (Å²) in [7, 11) is -0.991. The second-order valence-corrected chi connectivity index (χ2v) is 7.77. The fourth-order valence-corrected chi connectivity index (χ4v) is 3.58. The van der Waals surface area contributed by atoms with Gasteiger partial charge in [-0.3, -0.25) is 4.79 Å². The number of likely N-dealkylation sites (N-methyl/N-ethyl adjacent to an activating group) is 1. The van der Waals surface area contributed by atoms with E-state index in [2.05, 4.69) is 5.32 Å². The summed E-state index contributed by atoms with van der Waals surface area (Å²) in [6.07, 6.45) is 1.79. The van der Waals surface area contributed by atoms with Crippen molar-refractivity contribution in [3.8, 4) is 5.75 Å². The van der Waals surface area contributed by atoms with Crippen LogP contribution in [-0.4, -0.2) is 45.4 Å². The summed E-state index contributed by atoms with van der Waals surface area (Å²) in [5.74, 6) is 0.0519. The third kappa shape index (κ3) is 5.37. The molecule has 0 fully saturated rings. The maximum Gasteiger partial charge on any atom is 0.243 e. The SMILES string of the molecule is CCC[C@H](C)NC(=O)CN(C)S(=O)(=O)c1ccc(OC)c(Cl)c1. The molecule has 1 N–H and O–H groups in total. The van der Waals surface area contributed by atoms with Crippen LogP contribution in [0.2, 0.25) is 5.02 Å². The van der Waals surface area contributed by atoms with E-state index < -0.39 is 10.0 Å². The first-order valence-corrected chi connectivity index (χ1v) is 9.13. The maximum absolute atomic E-state index is 12.5. The smallest absolute Gasteiger partial charge is 0.243 e. The molecule has 0 saturated carbocycles. The van der Waals surface area contributed by atoms with Crippen molar-refractivity contribution in [1.82, 2.24) is 9.62 Å². The molecule has 6 nitrogen and oxygen atoms in total. The highest BCUT2D eigenvalue weighted by molar-refractivity contribution is 7.89. The Kier molecular flexibility index (Phi) is 7.31. The third-order valence-corrected chi connectivity index (χ3v) is 5.42. The van der Waals surface area contributed by atoms with Gasteiger partial charge >= 0.3 is 0 Å². The number of nitrogens with zero attached hydrogens (tertiary/aromatic N) is 1. The first kappa shape index (κ1) is 19.7. The van der Waals surface area contributed by atoms with Gasteiger partial charge in [0.15, 0.2) is 0 Å². The molecule has 1 aromatic carbocycles. The van der Waals surface area contributed by atoms with Crippen LogP contribution >= 0.6 is 11.6 Å². The molecule has 8 heteroatoms. The van der Waals surface area contributed by atoms with Gasteiger partial charge in [-0.1, -0.05) is 24.9 Å². The Bertz CT molecular complexity index is 649. The normalized spacial score (nSPS) is 13.0. The number of halogens is 1. The molecule has 0 unspecified atom stereocenters. The fourth-order valence-electron chi connectivity index (χ4n) is 2.10. The molecule has 0 aromatic heterocycles. The number of methoxy groups -OCH3 is 1. The summed E-state index contributed by atoms with van der Waals surface area (Å²) < 4.78 is 31.0. The number of amides is 1. The summed E-state index contributed by atoms with van der Waals surface area (Å²) >= 11 is 5.96. The zero-order chi connectivity index (χ0) is 17.6. The molecular weight excluding hydrogens is 340 g/mol. The Morgan fingerprint density at radius 2 is 2.09 bits per heavy atom. The van der Waals surface area contributed by atoms with Gasteiger partial charge in [0, 0.05) is 13.1 Å². The van der Waals surface area contributed by atoms with Crippen molar-refractivity contribution >= 4 is 27.5 Å². The van der Waals surface area contributed by atoms with Crippen LogP contribution in [0.1, 0.15) is 26.7 Å². The largest absolute Gasteiger partial charge is 0.495 e. The fraction of sp³-hybridized carbons (Fsp3) is 0.533. The Balaban J connectivity index is 2.83. The summed E-state index contributed by atoms with van der Waals surface area (Å²) in [6, 6.07) is 4.20. The van der Waals surface area contributed by atoms with E-state index in [1.54, 1.807) is 0 Å². The van der Waals surface area contributed by atoms with Crippen molar-refractivity contribution in [2.45, 2.75) is 37.6 Å². The minimum Gasteiger partial charge on any atom is -0.495 e. The van der Waals surface area contributed by atoms with Crippen LogP contribution in [0.15, 0.2) is 23.1 Å². The van der Waals surface area contributed by atoms with Gasteiger partial charge in [0.2, 0.25) is 15.9 Å². The Labute approximate surface area is 142 Å². The summed E-state index contributed by atoms with van der Waals surface area (Å²) in [6.45, 7) is 3.66. The first-order valence-electron chi connectivity index (χ1n) is 7.31. The van der Waals surface area contributed by atoms with E-state index >= 15 is 0 Å². The molecule has 23 heavy (non-hydrogen) atoms. The van der Waals surface area contributed by atoms with Gasteiger partial charge in [0.05, 0.1) is 23.6 Å². The standard InChI is InChI=1S/C15H23ClN2O4S/c1-5-6-11(2)17-15(19)10-18(3)23(20,21)12-7-8-14(22-4)13(16)9-12/h7-9,11H,5-6,10H2,1-4H3,(H,17,19)/t11-/m0/s1. The predicted octanol–water partition coefficient (Wildman–Crippen LogP) is 2.27. The maximum atomic E-state index is 12.5. The van der Waals surface area contributed by atoms with Crippen LogP contribution in [0.25, 0.3) is 0 Å². The van der Waals surface area contributed by atoms with Gasteiger partial charge in [-0.15, -0.1) is 0 Å². The van der Waals surface area contributed by atoms with Gasteiger partial charge in [-0.2, -0.15) is 4.31 Å². The summed E-state index contributed by atoms with van der Waals surface area (Å²) in [4.78, 5) is 11.9. The number of sulfonamides is 1. The molecule has 0 aliphatic heterocycles. The second kappa shape index (κ2) is 8.52. The minimum absolute atomic E-state index is 0.0130. The van der Waals surface area contributed by atoms with Gasteiger partial charge in [-0.05, 0) is 31.5 Å². The molecule has 130 valence electrons. The van der Waals surface area contributed by atoms with Crippen molar-refractivity contribution in [3.63, 3.8) is 0 Å². The van der Waals surface area contributed by atoms with Gasteiger partial charge in [0.25, 0.3) is 0 Å². The Morgan fingerprint density at radius 1 is 1.43 bits per heavy atom. The van der Waals surface area contributed by atoms with E-state index in [9.17, 15) is 13.2 Å². The van der Waals surface area contributed by atoms with Crippen LogP contribution in [-0.2, 0) is 14.8 Å². The average molecular weight is 363 g/mol. The average Bonchev–Trinajstić information content (AvgIpc) is 2.46. The predicted molar refractivity (Wildman–Crippen MR) is 90.3 cm³/mol. The number of carbonyl (C=O) groups excluding carboxylic acids is 1.